The number of hydrogen-bond donors (Lipinski definition) is 3. The summed E-state index contributed by atoms with van der Waals surface area (Å²) in [5, 5.41) is 7.55. The van der Waals surface area contributed by atoms with Gasteiger partial charge in [-0.1, -0.05) is 42.5 Å². The molecule has 0 heterocycles. The fraction of sp³-hybridized carbons (Fsp3) is 0.333. The molecular formula is C18H23N3O2. The van der Waals surface area contributed by atoms with Crippen molar-refractivity contribution in [3.8, 4) is 0 Å². The van der Waals surface area contributed by atoms with E-state index in [1.54, 1.807) is 0 Å². The van der Waals surface area contributed by atoms with Crippen molar-refractivity contribution in [3.05, 3.63) is 48.0 Å². The molecule has 1 atom stereocenters. The molecule has 0 saturated carbocycles. The monoisotopic (exact) mass is 313 g/mol. The Bertz CT molecular complexity index is 678. The number of carbonyl (C=O) groups is 2. The Morgan fingerprint density at radius 3 is 2.57 bits per heavy atom. The maximum atomic E-state index is 12.0. The molecule has 0 aromatic heterocycles. The first-order valence-corrected chi connectivity index (χ1v) is 7.82. The second-order valence-electron chi connectivity index (χ2n) is 5.71. The zero-order valence-corrected chi connectivity index (χ0v) is 13.3. The summed E-state index contributed by atoms with van der Waals surface area (Å²) in [5.41, 5.74) is 6.57. The second kappa shape index (κ2) is 8.29. The molecule has 4 N–H and O–H groups in total. The number of hydrogen-bond acceptors (Lipinski definition) is 3. The Labute approximate surface area is 136 Å². The molecule has 0 spiro atoms. The summed E-state index contributed by atoms with van der Waals surface area (Å²) in [6.45, 7) is 2.40. The van der Waals surface area contributed by atoms with Gasteiger partial charge >= 0.3 is 0 Å². The third kappa shape index (κ3) is 5.38. The number of nitrogens with one attached hydrogen (secondary N) is 2. The Kier molecular flexibility index (Phi) is 6.11. The van der Waals surface area contributed by atoms with Crippen molar-refractivity contribution in [1.82, 2.24) is 10.6 Å². The molecule has 2 aromatic carbocycles. The highest BCUT2D eigenvalue weighted by Gasteiger charge is 2.08. The van der Waals surface area contributed by atoms with Crippen molar-refractivity contribution < 1.29 is 9.59 Å². The summed E-state index contributed by atoms with van der Waals surface area (Å²) in [6.07, 6.45) is 0.976. The van der Waals surface area contributed by atoms with Crippen LogP contribution in [0.2, 0.25) is 0 Å². The van der Waals surface area contributed by atoms with Crippen LogP contribution in [0.15, 0.2) is 42.5 Å². The quantitative estimate of drug-likeness (QED) is 0.721. The van der Waals surface area contributed by atoms with E-state index in [1.807, 2.05) is 49.4 Å². The molecule has 1 unspecified atom stereocenters. The predicted molar refractivity (Wildman–Crippen MR) is 91.9 cm³/mol. The minimum atomic E-state index is -0.197. The van der Waals surface area contributed by atoms with Gasteiger partial charge in [-0.15, -0.1) is 0 Å². The number of benzene rings is 2. The summed E-state index contributed by atoms with van der Waals surface area (Å²) in [4.78, 5) is 23.7. The van der Waals surface area contributed by atoms with Gasteiger partial charge in [0.15, 0.2) is 0 Å². The van der Waals surface area contributed by atoms with Crippen LogP contribution in [0.1, 0.15) is 18.9 Å². The SMILES string of the molecule is CC(N)CCNC(=O)CNC(=O)Cc1cccc2ccccc12. The molecule has 0 aliphatic rings. The lowest BCUT2D eigenvalue weighted by Crippen LogP contribution is -2.38. The van der Waals surface area contributed by atoms with E-state index < -0.39 is 0 Å². The van der Waals surface area contributed by atoms with Crippen molar-refractivity contribution in [1.29, 1.82) is 0 Å². The third-order valence-electron chi connectivity index (χ3n) is 3.60. The second-order valence-corrected chi connectivity index (χ2v) is 5.71. The van der Waals surface area contributed by atoms with Crippen molar-refractivity contribution in [2.24, 2.45) is 5.73 Å². The lowest BCUT2D eigenvalue weighted by Gasteiger charge is -2.09. The highest BCUT2D eigenvalue weighted by molar-refractivity contribution is 5.91. The minimum absolute atomic E-state index is 0.0114. The molecule has 0 radical (unpaired) electrons. The number of fused-ring (bicyclic) bond motifs is 1. The number of carbonyl (C=O) groups excluding carboxylic acids is 2. The molecule has 2 aromatic rings. The van der Waals surface area contributed by atoms with Gasteiger partial charge in [-0.25, -0.2) is 0 Å². The molecule has 122 valence electrons. The fourth-order valence-electron chi connectivity index (χ4n) is 2.36. The van der Waals surface area contributed by atoms with E-state index in [4.69, 9.17) is 5.73 Å². The van der Waals surface area contributed by atoms with Crippen LogP contribution >= 0.6 is 0 Å². The topological polar surface area (TPSA) is 84.2 Å². The molecule has 0 aliphatic carbocycles. The van der Waals surface area contributed by atoms with Crippen molar-refractivity contribution in [2.75, 3.05) is 13.1 Å². The highest BCUT2D eigenvalue weighted by atomic mass is 16.2. The van der Waals surface area contributed by atoms with E-state index in [0.29, 0.717) is 6.54 Å². The first-order valence-electron chi connectivity index (χ1n) is 7.82. The predicted octanol–water partition coefficient (Wildman–Crippen LogP) is 1.35. The smallest absolute Gasteiger partial charge is 0.239 e. The zero-order chi connectivity index (χ0) is 16.7. The van der Waals surface area contributed by atoms with E-state index in [1.165, 1.54) is 0 Å². The summed E-state index contributed by atoms with van der Waals surface area (Å²) in [6, 6.07) is 13.9. The van der Waals surface area contributed by atoms with Crippen LogP contribution in [-0.2, 0) is 16.0 Å². The minimum Gasteiger partial charge on any atom is -0.355 e. The summed E-state index contributed by atoms with van der Waals surface area (Å²) < 4.78 is 0. The van der Waals surface area contributed by atoms with Gasteiger partial charge < -0.3 is 16.4 Å². The number of nitrogens with two attached hydrogens (primary N) is 1. The van der Waals surface area contributed by atoms with Crippen LogP contribution in [0.5, 0.6) is 0 Å². The van der Waals surface area contributed by atoms with Crippen LogP contribution in [0, 0.1) is 0 Å². The molecule has 5 heteroatoms. The van der Waals surface area contributed by atoms with Crippen molar-refractivity contribution >= 4 is 22.6 Å². The zero-order valence-electron chi connectivity index (χ0n) is 13.3. The Hall–Kier alpha value is -2.40. The van der Waals surface area contributed by atoms with E-state index in [9.17, 15) is 9.59 Å². The van der Waals surface area contributed by atoms with Crippen LogP contribution in [0.25, 0.3) is 10.8 Å². The number of amides is 2. The van der Waals surface area contributed by atoms with E-state index >= 15 is 0 Å². The lowest BCUT2D eigenvalue weighted by molar-refractivity contribution is -0.125. The average molecular weight is 313 g/mol. The largest absolute Gasteiger partial charge is 0.355 e. The van der Waals surface area contributed by atoms with Gasteiger partial charge in [0.05, 0.1) is 13.0 Å². The molecule has 0 fully saturated rings. The molecule has 5 nitrogen and oxygen atoms in total. The maximum absolute atomic E-state index is 12.0. The van der Waals surface area contributed by atoms with Crippen LogP contribution < -0.4 is 16.4 Å². The maximum Gasteiger partial charge on any atom is 0.239 e. The van der Waals surface area contributed by atoms with Crippen LogP contribution in [-0.4, -0.2) is 30.9 Å². The van der Waals surface area contributed by atoms with Gasteiger partial charge in [0.1, 0.15) is 0 Å². The van der Waals surface area contributed by atoms with Gasteiger partial charge in [-0.3, -0.25) is 9.59 Å². The van der Waals surface area contributed by atoms with Gasteiger partial charge in [0, 0.05) is 12.6 Å². The van der Waals surface area contributed by atoms with Gasteiger partial charge in [0.25, 0.3) is 0 Å². The molecule has 2 amide bonds. The highest BCUT2D eigenvalue weighted by Crippen LogP contribution is 2.18. The van der Waals surface area contributed by atoms with E-state index in [2.05, 4.69) is 10.6 Å². The summed E-state index contributed by atoms with van der Waals surface area (Å²) in [5.74, 6) is -0.361. The third-order valence-corrected chi connectivity index (χ3v) is 3.60. The molecular weight excluding hydrogens is 290 g/mol. The van der Waals surface area contributed by atoms with Crippen LogP contribution in [0.4, 0.5) is 0 Å². The molecule has 2 rings (SSSR count). The first kappa shape index (κ1) is 17.0. The summed E-state index contributed by atoms with van der Waals surface area (Å²) >= 11 is 0. The molecule has 23 heavy (non-hydrogen) atoms. The van der Waals surface area contributed by atoms with E-state index in [0.717, 1.165) is 22.8 Å². The summed E-state index contributed by atoms with van der Waals surface area (Å²) in [7, 11) is 0. The standard InChI is InChI=1S/C18H23N3O2/c1-13(19)9-10-20-18(23)12-21-17(22)11-15-7-4-6-14-5-2-3-8-16(14)15/h2-8,13H,9-12,19H2,1H3,(H,20,23)(H,21,22). The normalized spacial score (nSPS) is 11.9. The van der Waals surface area contributed by atoms with Crippen LogP contribution in [0.3, 0.4) is 0 Å². The molecule has 0 saturated heterocycles. The fourth-order valence-corrected chi connectivity index (χ4v) is 2.36. The van der Waals surface area contributed by atoms with Gasteiger partial charge in [0.2, 0.25) is 11.8 Å². The Balaban J connectivity index is 1.83. The van der Waals surface area contributed by atoms with Crippen molar-refractivity contribution in [3.63, 3.8) is 0 Å². The lowest BCUT2D eigenvalue weighted by atomic mass is 10.0. The van der Waals surface area contributed by atoms with Gasteiger partial charge in [-0.05, 0) is 29.7 Å². The Morgan fingerprint density at radius 1 is 1.04 bits per heavy atom. The Morgan fingerprint density at radius 2 is 1.78 bits per heavy atom. The first-order chi connectivity index (χ1) is 11.1. The molecule has 0 bridgehead atoms. The van der Waals surface area contributed by atoms with Gasteiger partial charge in [-0.2, -0.15) is 0 Å². The average Bonchev–Trinajstić information content (AvgIpc) is 2.53. The molecule has 0 aliphatic heterocycles. The number of rotatable bonds is 7. The van der Waals surface area contributed by atoms with E-state index in [-0.39, 0.29) is 30.8 Å². The van der Waals surface area contributed by atoms with Crippen molar-refractivity contribution in [2.45, 2.75) is 25.8 Å².